The van der Waals surface area contributed by atoms with Gasteiger partial charge in [-0.1, -0.05) is 6.42 Å². The highest BCUT2D eigenvalue weighted by Crippen LogP contribution is 2.46. The van der Waals surface area contributed by atoms with E-state index in [0.29, 0.717) is 5.92 Å². The Morgan fingerprint density at radius 3 is 2.69 bits per heavy atom. The zero-order valence-corrected chi connectivity index (χ0v) is 18.2. The Labute approximate surface area is 174 Å². The van der Waals surface area contributed by atoms with Gasteiger partial charge in [-0.05, 0) is 57.3 Å². The summed E-state index contributed by atoms with van der Waals surface area (Å²) in [6.45, 7) is 11.7. The van der Waals surface area contributed by atoms with Crippen molar-refractivity contribution < 1.29 is 0 Å². The third kappa shape index (κ3) is 3.90. The minimum absolute atomic E-state index is 0.584. The third-order valence-electron chi connectivity index (χ3n) is 7.85. The van der Waals surface area contributed by atoms with E-state index in [1.807, 2.05) is 0 Å². The van der Waals surface area contributed by atoms with Gasteiger partial charge < -0.3 is 14.8 Å². The van der Waals surface area contributed by atoms with Crippen LogP contribution in [0.5, 0.6) is 0 Å². The zero-order chi connectivity index (χ0) is 19.8. The molecule has 160 valence electrons. The Morgan fingerprint density at radius 2 is 1.97 bits per heavy atom. The van der Waals surface area contributed by atoms with Crippen LogP contribution in [0.4, 0.5) is 0 Å². The van der Waals surface area contributed by atoms with E-state index in [4.69, 9.17) is 4.99 Å². The number of fused-ring (bicyclic) bond motifs is 3. The van der Waals surface area contributed by atoms with E-state index in [1.165, 1.54) is 45.2 Å². The fraction of sp³-hybridized carbons (Fsp3) is 0.864. The molecule has 0 spiro atoms. The van der Waals surface area contributed by atoms with Crippen LogP contribution in [0.2, 0.25) is 0 Å². The number of hydrogen-bond donors (Lipinski definition) is 1. The van der Waals surface area contributed by atoms with Crippen LogP contribution in [0.15, 0.2) is 4.99 Å². The Balaban J connectivity index is 1.17. The van der Waals surface area contributed by atoms with Gasteiger partial charge in [0.2, 0.25) is 0 Å². The maximum absolute atomic E-state index is 5.07. The SMILES string of the molecule is CCNC(=NCC1CCc2nnc(C)n2C1)N1CCN(C2CC3CCC2C3)CC1. The second-order valence-electron chi connectivity index (χ2n) is 9.64. The Morgan fingerprint density at radius 1 is 1.10 bits per heavy atom. The van der Waals surface area contributed by atoms with Gasteiger partial charge in [0.15, 0.2) is 5.96 Å². The standard InChI is InChI=1S/C22H37N7/c1-3-23-22(24-14-18-5-7-21-26-25-16(2)29(21)15-18)28-10-8-27(9-11-28)20-13-17-4-6-19(20)12-17/h17-20H,3-15H2,1-2H3,(H,23,24). The minimum Gasteiger partial charge on any atom is -0.357 e. The molecule has 2 bridgehead atoms. The summed E-state index contributed by atoms with van der Waals surface area (Å²) in [5, 5.41) is 12.1. The van der Waals surface area contributed by atoms with Crippen LogP contribution in [-0.4, -0.2) is 75.8 Å². The fourth-order valence-corrected chi connectivity index (χ4v) is 6.24. The molecule has 0 amide bonds. The lowest BCUT2D eigenvalue weighted by molar-refractivity contribution is 0.0958. The van der Waals surface area contributed by atoms with Crippen molar-refractivity contribution >= 4 is 5.96 Å². The van der Waals surface area contributed by atoms with Gasteiger partial charge >= 0.3 is 0 Å². The summed E-state index contributed by atoms with van der Waals surface area (Å²) in [6, 6.07) is 0.874. The number of nitrogens with zero attached hydrogens (tertiary/aromatic N) is 6. The molecular weight excluding hydrogens is 362 g/mol. The summed E-state index contributed by atoms with van der Waals surface area (Å²) in [5.74, 6) is 5.91. The highest BCUT2D eigenvalue weighted by Gasteiger charge is 2.42. The molecule has 2 aliphatic carbocycles. The van der Waals surface area contributed by atoms with Crippen molar-refractivity contribution in [1.29, 1.82) is 0 Å². The summed E-state index contributed by atoms with van der Waals surface area (Å²) in [4.78, 5) is 10.4. The number of hydrogen-bond acceptors (Lipinski definition) is 4. The normalized spacial score (nSPS) is 32.6. The maximum Gasteiger partial charge on any atom is 0.194 e. The van der Waals surface area contributed by atoms with Gasteiger partial charge in [0, 0.05) is 58.3 Å². The lowest BCUT2D eigenvalue weighted by Gasteiger charge is -2.42. The van der Waals surface area contributed by atoms with Gasteiger partial charge in [0.1, 0.15) is 11.6 Å². The summed E-state index contributed by atoms with van der Waals surface area (Å²) in [6.07, 6.45) is 8.14. The summed E-state index contributed by atoms with van der Waals surface area (Å²) < 4.78 is 2.28. The van der Waals surface area contributed by atoms with Crippen LogP contribution in [0.25, 0.3) is 0 Å². The van der Waals surface area contributed by atoms with Crippen molar-refractivity contribution in [2.75, 3.05) is 39.3 Å². The van der Waals surface area contributed by atoms with Crippen LogP contribution < -0.4 is 5.32 Å². The van der Waals surface area contributed by atoms with Crippen molar-refractivity contribution in [2.24, 2.45) is 22.7 Å². The average Bonchev–Trinajstić information content (AvgIpc) is 3.48. The average molecular weight is 400 g/mol. The Hall–Kier alpha value is -1.63. The van der Waals surface area contributed by atoms with Crippen LogP contribution in [0.3, 0.4) is 0 Å². The number of rotatable bonds is 4. The molecule has 0 radical (unpaired) electrons. The molecule has 2 saturated carbocycles. The predicted molar refractivity (Wildman–Crippen MR) is 115 cm³/mol. The first-order chi connectivity index (χ1) is 14.2. The highest BCUT2D eigenvalue weighted by atomic mass is 15.4. The summed E-state index contributed by atoms with van der Waals surface area (Å²) >= 11 is 0. The maximum atomic E-state index is 5.07. The lowest BCUT2D eigenvalue weighted by Crippen LogP contribution is -2.55. The molecule has 5 rings (SSSR count). The quantitative estimate of drug-likeness (QED) is 0.619. The molecule has 1 N–H and O–H groups in total. The summed E-state index contributed by atoms with van der Waals surface area (Å²) in [7, 11) is 0. The Bertz CT molecular complexity index is 734. The van der Waals surface area contributed by atoms with Crippen LogP contribution in [0, 0.1) is 24.7 Å². The van der Waals surface area contributed by atoms with Crippen molar-refractivity contribution in [3.8, 4) is 0 Å². The molecule has 4 aliphatic rings. The van der Waals surface area contributed by atoms with Gasteiger partial charge in [0.05, 0.1) is 0 Å². The van der Waals surface area contributed by atoms with Crippen LogP contribution in [0.1, 0.15) is 50.7 Å². The number of piperazine rings is 1. The van der Waals surface area contributed by atoms with E-state index in [1.54, 1.807) is 0 Å². The number of guanidine groups is 1. The van der Waals surface area contributed by atoms with Gasteiger partial charge in [-0.2, -0.15) is 0 Å². The van der Waals surface area contributed by atoms with E-state index >= 15 is 0 Å². The van der Waals surface area contributed by atoms with Gasteiger partial charge in [-0.3, -0.25) is 9.89 Å². The monoisotopic (exact) mass is 399 g/mol. The molecule has 1 saturated heterocycles. The number of nitrogens with one attached hydrogen (secondary N) is 1. The summed E-state index contributed by atoms with van der Waals surface area (Å²) in [5.41, 5.74) is 0. The molecule has 1 aromatic rings. The Kier molecular flexibility index (Phi) is 5.50. The fourth-order valence-electron chi connectivity index (χ4n) is 6.24. The molecule has 3 heterocycles. The van der Waals surface area contributed by atoms with Gasteiger partial charge in [0.25, 0.3) is 0 Å². The molecular formula is C22H37N7. The van der Waals surface area contributed by atoms with E-state index in [2.05, 4.69) is 43.7 Å². The minimum atomic E-state index is 0.584. The van der Waals surface area contributed by atoms with Crippen molar-refractivity contribution in [3.63, 3.8) is 0 Å². The van der Waals surface area contributed by atoms with E-state index in [9.17, 15) is 0 Å². The third-order valence-corrected chi connectivity index (χ3v) is 7.85. The second kappa shape index (κ2) is 8.25. The first-order valence-corrected chi connectivity index (χ1v) is 11.9. The van der Waals surface area contributed by atoms with Gasteiger partial charge in [-0.25, -0.2) is 0 Å². The smallest absolute Gasteiger partial charge is 0.194 e. The topological polar surface area (TPSA) is 61.6 Å². The predicted octanol–water partition coefficient (Wildman–Crippen LogP) is 1.92. The molecule has 3 fully saturated rings. The van der Waals surface area contributed by atoms with E-state index < -0.39 is 0 Å². The molecule has 4 atom stereocenters. The van der Waals surface area contributed by atoms with E-state index in [0.717, 1.165) is 74.6 Å². The largest absolute Gasteiger partial charge is 0.357 e. The molecule has 0 aromatic carbocycles. The number of aryl methyl sites for hydroxylation is 2. The molecule has 7 heteroatoms. The zero-order valence-electron chi connectivity index (χ0n) is 18.2. The van der Waals surface area contributed by atoms with E-state index in [-0.39, 0.29) is 0 Å². The first kappa shape index (κ1) is 19.3. The van der Waals surface area contributed by atoms with Gasteiger partial charge in [-0.15, -0.1) is 10.2 Å². The lowest BCUT2D eigenvalue weighted by atomic mass is 9.93. The van der Waals surface area contributed by atoms with Crippen molar-refractivity contribution in [1.82, 2.24) is 29.9 Å². The number of aromatic nitrogens is 3. The second-order valence-corrected chi connectivity index (χ2v) is 9.64. The highest BCUT2D eigenvalue weighted by molar-refractivity contribution is 5.80. The van der Waals surface area contributed by atoms with Crippen LogP contribution >= 0.6 is 0 Å². The van der Waals surface area contributed by atoms with Crippen molar-refractivity contribution in [3.05, 3.63) is 11.6 Å². The molecule has 7 nitrogen and oxygen atoms in total. The first-order valence-electron chi connectivity index (χ1n) is 11.9. The molecule has 2 aliphatic heterocycles. The molecule has 29 heavy (non-hydrogen) atoms. The molecule has 4 unspecified atom stereocenters. The van der Waals surface area contributed by atoms with Crippen molar-refractivity contribution in [2.45, 2.75) is 65.0 Å². The number of aliphatic imine (C=N–C) groups is 1. The molecule has 1 aromatic heterocycles. The van der Waals surface area contributed by atoms with Crippen LogP contribution in [-0.2, 0) is 13.0 Å².